The first kappa shape index (κ1) is 18.7. The Bertz CT molecular complexity index is 1120. The fourth-order valence-electron chi connectivity index (χ4n) is 3.65. The maximum Gasteiger partial charge on any atom is 0.338 e. The van der Waals surface area contributed by atoms with Crippen molar-refractivity contribution in [2.24, 2.45) is 0 Å². The van der Waals surface area contributed by atoms with E-state index in [4.69, 9.17) is 4.74 Å². The molecule has 0 spiro atoms. The van der Waals surface area contributed by atoms with Crippen molar-refractivity contribution in [3.63, 3.8) is 0 Å². The summed E-state index contributed by atoms with van der Waals surface area (Å²) >= 11 is 0. The van der Waals surface area contributed by atoms with Gasteiger partial charge in [0.2, 0.25) is 0 Å². The second-order valence-electron chi connectivity index (χ2n) is 6.79. The minimum Gasteiger partial charge on any atom is -0.462 e. The molecule has 0 saturated carbocycles. The summed E-state index contributed by atoms with van der Waals surface area (Å²) in [4.78, 5) is 27.4. The smallest absolute Gasteiger partial charge is 0.338 e. The fraction of sp³-hybridized carbons (Fsp3) is 0.120. The van der Waals surface area contributed by atoms with Crippen molar-refractivity contribution in [1.29, 1.82) is 0 Å². The number of nitrogens with zero attached hydrogens (tertiary/aromatic N) is 1. The van der Waals surface area contributed by atoms with Gasteiger partial charge in [0.15, 0.2) is 0 Å². The van der Waals surface area contributed by atoms with Crippen molar-refractivity contribution in [3.05, 3.63) is 95.6 Å². The number of benzene rings is 3. The van der Waals surface area contributed by atoms with Gasteiger partial charge >= 0.3 is 5.97 Å². The van der Waals surface area contributed by atoms with Gasteiger partial charge in [0.25, 0.3) is 5.91 Å². The van der Waals surface area contributed by atoms with Gasteiger partial charge in [-0.15, -0.1) is 0 Å². The van der Waals surface area contributed by atoms with Gasteiger partial charge in [0.1, 0.15) is 0 Å². The standard InChI is InChI=1S/C25H21NO3/c1-3-29-25(28)19-12-9-13-20(16-19)26-22-15-8-7-14-21(22)23(24(26)27)17(2)18-10-5-4-6-11-18/h4-16H,3H2,1-2H3/b23-17+. The molecule has 1 aliphatic rings. The number of rotatable bonds is 4. The van der Waals surface area contributed by atoms with E-state index in [1.807, 2.05) is 67.6 Å². The molecule has 3 aromatic rings. The lowest BCUT2D eigenvalue weighted by Gasteiger charge is -2.18. The molecule has 0 N–H and O–H groups in total. The number of fused-ring (bicyclic) bond motifs is 1. The number of carbonyl (C=O) groups excluding carboxylic acids is 2. The van der Waals surface area contributed by atoms with E-state index in [0.717, 1.165) is 22.4 Å². The number of hydrogen-bond donors (Lipinski definition) is 0. The third kappa shape index (κ3) is 3.34. The van der Waals surface area contributed by atoms with Gasteiger partial charge in [0.05, 0.1) is 29.1 Å². The van der Waals surface area contributed by atoms with E-state index in [0.29, 0.717) is 23.4 Å². The predicted molar refractivity (Wildman–Crippen MR) is 115 cm³/mol. The first-order chi connectivity index (χ1) is 14.1. The largest absolute Gasteiger partial charge is 0.462 e. The molecule has 0 radical (unpaired) electrons. The third-order valence-corrected chi connectivity index (χ3v) is 5.03. The van der Waals surface area contributed by atoms with Gasteiger partial charge in [-0.25, -0.2) is 4.79 Å². The summed E-state index contributed by atoms with van der Waals surface area (Å²) in [6.07, 6.45) is 0. The van der Waals surface area contributed by atoms with E-state index in [9.17, 15) is 9.59 Å². The van der Waals surface area contributed by atoms with Gasteiger partial charge < -0.3 is 4.74 Å². The van der Waals surface area contributed by atoms with Gasteiger partial charge in [-0.05, 0) is 49.2 Å². The van der Waals surface area contributed by atoms with Crippen LogP contribution in [-0.2, 0) is 9.53 Å². The van der Waals surface area contributed by atoms with Gasteiger partial charge in [-0.3, -0.25) is 9.69 Å². The number of carbonyl (C=O) groups is 2. The second-order valence-corrected chi connectivity index (χ2v) is 6.79. The Balaban J connectivity index is 1.84. The Hall–Kier alpha value is -3.66. The minimum absolute atomic E-state index is 0.103. The molecule has 0 aromatic heterocycles. The molecular weight excluding hydrogens is 362 g/mol. The van der Waals surface area contributed by atoms with Crippen LogP contribution in [0, 0.1) is 0 Å². The van der Waals surface area contributed by atoms with Crippen LogP contribution in [0.1, 0.15) is 35.3 Å². The Morgan fingerprint density at radius 3 is 2.34 bits per heavy atom. The quantitative estimate of drug-likeness (QED) is 0.443. The number of esters is 1. The van der Waals surface area contributed by atoms with Crippen LogP contribution in [0.25, 0.3) is 11.1 Å². The SMILES string of the molecule is CCOC(=O)c1cccc(N2C(=O)/C(=C(\C)c3ccccc3)c3ccccc32)c1. The monoisotopic (exact) mass is 383 g/mol. The molecule has 0 bridgehead atoms. The predicted octanol–water partition coefficient (Wildman–Crippen LogP) is 5.47. The average molecular weight is 383 g/mol. The number of anilines is 2. The van der Waals surface area contributed by atoms with E-state index in [1.54, 1.807) is 30.0 Å². The topological polar surface area (TPSA) is 46.6 Å². The lowest BCUT2D eigenvalue weighted by molar-refractivity contribution is -0.112. The first-order valence-electron chi connectivity index (χ1n) is 9.59. The van der Waals surface area contributed by atoms with Crippen LogP contribution in [0.5, 0.6) is 0 Å². The molecule has 0 saturated heterocycles. The van der Waals surface area contributed by atoms with Gasteiger partial charge in [0, 0.05) is 5.56 Å². The summed E-state index contributed by atoms with van der Waals surface area (Å²) in [7, 11) is 0. The zero-order valence-corrected chi connectivity index (χ0v) is 16.4. The van der Waals surface area contributed by atoms with Crippen molar-refractivity contribution < 1.29 is 14.3 Å². The van der Waals surface area contributed by atoms with Crippen LogP contribution in [-0.4, -0.2) is 18.5 Å². The molecule has 0 atom stereocenters. The van der Waals surface area contributed by atoms with Crippen molar-refractivity contribution in [3.8, 4) is 0 Å². The fourth-order valence-corrected chi connectivity index (χ4v) is 3.65. The number of amides is 1. The number of allylic oxidation sites excluding steroid dienone is 1. The molecule has 4 nitrogen and oxygen atoms in total. The lowest BCUT2D eigenvalue weighted by Crippen LogP contribution is -2.21. The zero-order chi connectivity index (χ0) is 20.4. The van der Waals surface area contributed by atoms with Crippen molar-refractivity contribution in [2.75, 3.05) is 11.5 Å². The molecule has 29 heavy (non-hydrogen) atoms. The second kappa shape index (κ2) is 7.76. The summed E-state index contributed by atoms with van der Waals surface area (Å²) in [6, 6.07) is 24.6. The van der Waals surface area contributed by atoms with E-state index in [2.05, 4.69) is 0 Å². The molecule has 4 rings (SSSR count). The average Bonchev–Trinajstić information content (AvgIpc) is 3.06. The van der Waals surface area contributed by atoms with Crippen LogP contribution in [0.3, 0.4) is 0 Å². The molecule has 144 valence electrons. The van der Waals surface area contributed by atoms with E-state index in [1.165, 1.54) is 0 Å². The zero-order valence-electron chi connectivity index (χ0n) is 16.4. The van der Waals surface area contributed by atoms with Crippen molar-refractivity contribution in [2.45, 2.75) is 13.8 Å². The Labute approximate surface area is 170 Å². The lowest BCUT2D eigenvalue weighted by atomic mass is 9.97. The highest BCUT2D eigenvalue weighted by molar-refractivity contribution is 6.39. The Morgan fingerprint density at radius 2 is 1.59 bits per heavy atom. The molecular formula is C25H21NO3. The normalized spacial score (nSPS) is 14.6. The highest BCUT2D eigenvalue weighted by atomic mass is 16.5. The Kier molecular flexibility index (Phi) is 5.00. The van der Waals surface area contributed by atoms with Crippen LogP contribution in [0.2, 0.25) is 0 Å². The number of ether oxygens (including phenoxy) is 1. The van der Waals surface area contributed by atoms with E-state index < -0.39 is 5.97 Å². The molecule has 3 aromatic carbocycles. The van der Waals surface area contributed by atoms with Gasteiger partial charge in [-0.2, -0.15) is 0 Å². The van der Waals surface area contributed by atoms with Crippen LogP contribution < -0.4 is 4.90 Å². The van der Waals surface area contributed by atoms with E-state index in [-0.39, 0.29) is 5.91 Å². The van der Waals surface area contributed by atoms with Crippen molar-refractivity contribution >= 4 is 34.4 Å². The molecule has 0 aliphatic carbocycles. The van der Waals surface area contributed by atoms with Crippen LogP contribution in [0.4, 0.5) is 11.4 Å². The Morgan fingerprint density at radius 1 is 0.897 bits per heavy atom. The summed E-state index contributed by atoms with van der Waals surface area (Å²) in [5, 5.41) is 0. The van der Waals surface area contributed by atoms with Crippen LogP contribution in [0.15, 0.2) is 78.9 Å². The minimum atomic E-state index is -0.398. The highest BCUT2D eigenvalue weighted by Crippen LogP contribution is 2.44. The highest BCUT2D eigenvalue weighted by Gasteiger charge is 2.35. The maximum atomic E-state index is 13.5. The molecule has 1 amide bonds. The molecule has 1 aliphatic heterocycles. The van der Waals surface area contributed by atoms with Crippen LogP contribution >= 0.6 is 0 Å². The summed E-state index contributed by atoms with van der Waals surface area (Å²) in [6.45, 7) is 4.04. The first-order valence-corrected chi connectivity index (χ1v) is 9.59. The summed E-state index contributed by atoms with van der Waals surface area (Å²) in [5.74, 6) is -0.501. The third-order valence-electron chi connectivity index (χ3n) is 5.03. The molecule has 1 heterocycles. The summed E-state index contributed by atoms with van der Waals surface area (Å²) < 4.78 is 5.11. The van der Waals surface area contributed by atoms with Gasteiger partial charge in [-0.1, -0.05) is 54.6 Å². The molecule has 0 fully saturated rings. The molecule has 4 heteroatoms. The maximum absolute atomic E-state index is 13.5. The molecule has 0 unspecified atom stereocenters. The van der Waals surface area contributed by atoms with E-state index >= 15 is 0 Å². The number of para-hydroxylation sites is 1. The van der Waals surface area contributed by atoms with Crippen molar-refractivity contribution in [1.82, 2.24) is 0 Å². The number of hydrogen-bond acceptors (Lipinski definition) is 3. The summed E-state index contributed by atoms with van der Waals surface area (Å²) in [5.41, 5.74) is 5.37.